The first-order valence-electron chi connectivity index (χ1n) is 11.7. The highest BCUT2D eigenvalue weighted by Crippen LogP contribution is 2.49. The largest absolute Gasteiger partial charge is 0.371 e. The first kappa shape index (κ1) is 21.3. The van der Waals surface area contributed by atoms with Crippen molar-refractivity contribution in [2.45, 2.75) is 51.4 Å². The maximum Gasteiger partial charge on any atom is 0.100 e. The number of benzene rings is 3. The van der Waals surface area contributed by atoms with Gasteiger partial charge in [0.1, 0.15) is 6.07 Å². The Kier molecular flexibility index (Phi) is 4.84. The first-order valence-corrected chi connectivity index (χ1v) is 11.7. The molecule has 0 aromatic heterocycles. The van der Waals surface area contributed by atoms with Gasteiger partial charge in [0.2, 0.25) is 0 Å². The third kappa shape index (κ3) is 3.40. The monoisotopic (exact) mass is 431 g/mol. The molecule has 0 amide bonds. The van der Waals surface area contributed by atoms with Crippen molar-refractivity contribution < 1.29 is 0 Å². The molecule has 5 rings (SSSR count). The van der Waals surface area contributed by atoms with Gasteiger partial charge in [-0.2, -0.15) is 10.5 Å². The standard InChI is InChI=1S/C30H29N3/c1-29(2)12-14-33-15-13-30(3,4)27-17-20(16-26(29)28(27)33)8-9-21-10-11-23-22(18-31)6-5-7-24(23)25(21)19-32/h5-11,16-17H,12-15H2,1-4H3/b9-8-. The minimum atomic E-state index is 0.145. The second-order valence-corrected chi connectivity index (χ2v) is 10.7. The van der Waals surface area contributed by atoms with E-state index in [4.69, 9.17) is 0 Å². The molecule has 0 saturated carbocycles. The van der Waals surface area contributed by atoms with Crippen molar-refractivity contribution in [2.24, 2.45) is 0 Å². The summed E-state index contributed by atoms with van der Waals surface area (Å²) < 4.78 is 0. The summed E-state index contributed by atoms with van der Waals surface area (Å²) in [6.45, 7) is 11.7. The van der Waals surface area contributed by atoms with Crippen molar-refractivity contribution in [1.29, 1.82) is 10.5 Å². The third-order valence-corrected chi connectivity index (χ3v) is 7.70. The lowest BCUT2D eigenvalue weighted by atomic mass is 9.69. The highest BCUT2D eigenvalue weighted by Gasteiger charge is 2.39. The molecule has 0 aliphatic carbocycles. The SMILES string of the molecule is CC1(C)CCN2CCC(C)(C)c3cc(/C=C\c4ccc5c(C#N)cccc5c4C#N)cc1c32. The highest BCUT2D eigenvalue weighted by molar-refractivity contribution is 5.95. The van der Waals surface area contributed by atoms with E-state index in [9.17, 15) is 10.5 Å². The van der Waals surface area contributed by atoms with E-state index in [1.54, 1.807) is 6.07 Å². The topological polar surface area (TPSA) is 50.8 Å². The Hall–Kier alpha value is -3.56. The summed E-state index contributed by atoms with van der Waals surface area (Å²) in [5, 5.41) is 21.0. The maximum absolute atomic E-state index is 9.92. The summed E-state index contributed by atoms with van der Waals surface area (Å²) in [5.41, 5.74) is 7.91. The van der Waals surface area contributed by atoms with Gasteiger partial charge in [-0.15, -0.1) is 0 Å². The Morgan fingerprint density at radius 1 is 0.818 bits per heavy atom. The van der Waals surface area contributed by atoms with Crippen LogP contribution in [0, 0.1) is 22.7 Å². The molecule has 3 aromatic carbocycles. The summed E-state index contributed by atoms with van der Waals surface area (Å²) >= 11 is 0. The molecule has 0 radical (unpaired) electrons. The molecule has 33 heavy (non-hydrogen) atoms. The second kappa shape index (κ2) is 7.50. The summed E-state index contributed by atoms with van der Waals surface area (Å²) in [6, 6.07) is 18.8. The summed E-state index contributed by atoms with van der Waals surface area (Å²) in [6.07, 6.45) is 6.52. The van der Waals surface area contributed by atoms with E-state index in [0.717, 1.165) is 42.3 Å². The zero-order valence-corrected chi connectivity index (χ0v) is 19.9. The van der Waals surface area contributed by atoms with Gasteiger partial charge in [-0.05, 0) is 64.1 Å². The van der Waals surface area contributed by atoms with Crippen LogP contribution in [0.2, 0.25) is 0 Å². The Morgan fingerprint density at radius 2 is 1.48 bits per heavy atom. The average molecular weight is 432 g/mol. The number of fused-ring (bicyclic) bond motifs is 1. The van der Waals surface area contributed by atoms with Crippen molar-refractivity contribution in [3.63, 3.8) is 0 Å². The molecule has 3 heteroatoms. The molecule has 0 spiro atoms. The van der Waals surface area contributed by atoms with Crippen LogP contribution in [0.5, 0.6) is 0 Å². The first-order chi connectivity index (χ1) is 15.7. The average Bonchev–Trinajstić information content (AvgIpc) is 2.80. The van der Waals surface area contributed by atoms with Crippen LogP contribution in [0.15, 0.2) is 42.5 Å². The van der Waals surface area contributed by atoms with Gasteiger partial charge >= 0.3 is 0 Å². The summed E-state index contributed by atoms with van der Waals surface area (Å²) in [4.78, 5) is 2.58. The van der Waals surface area contributed by atoms with Crippen LogP contribution in [-0.4, -0.2) is 13.1 Å². The predicted octanol–water partition coefficient (Wildman–Crippen LogP) is 6.92. The van der Waals surface area contributed by atoms with Crippen LogP contribution < -0.4 is 4.90 Å². The van der Waals surface area contributed by atoms with E-state index in [2.05, 4.69) is 69.0 Å². The van der Waals surface area contributed by atoms with Gasteiger partial charge in [-0.25, -0.2) is 0 Å². The van der Waals surface area contributed by atoms with E-state index in [-0.39, 0.29) is 10.8 Å². The third-order valence-electron chi connectivity index (χ3n) is 7.70. The van der Waals surface area contributed by atoms with Crippen LogP contribution in [0.1, 0.15) is 73.9 Å². The lowest BCUT2D eigenvalue weighted by Gasteiger charge is -2.48. The number of hydrogen-bond donors (Lipinski definition) is 0. The van der Waals surface area contributed by atoms with Gasteiger partial charge in [0.05, 0.1) is 17.2 Å². The quantitative estimate of drug-likeness (QED) is 0.414. The number of nitrogens with zero attached hydrogens (tertiary/aromatic N) is 3. The molecule has 0 fully saturated rings. The van der Waals surface area contributed by atoms with Crippen LogP contribution >= 0.6 is 0 Å². The second-order valence-electron chi connectivity index (χ2n) is 10.7. The van der Waals surface area contributed by atoms with E-state index >= 15 is 0 Å². The van der Waals surface area contributed by atoms with E-state index in [1.807, 2.05) is 24.3 Å². The number of anilines is 1. The zero-order chi connectivity index (χ0) is 23.4. The number of rotatable bonds is 2. The normalized spacial score (nSPS) is 18.1. The molecule has 0 atom stereocenters. The summed E-state index contributed by atoms with van der Waals surface area (Å²) in [7, 11) is 0. The van der Waals surface area contributed by atoms with Crippen molar-refractivity contribution in [3.05, 3.63) is 75.8 Å². The molecule has 0 saturated heterocycles. The van der Waals surface area contributed by atoms with Gasteiger partial charge < -0.3 is 4.90 Å². The van der Waals surface area contributed by atoms with Crippen LogP contribution in [0.4, 0.5) is 5.69 Å². The maximum atomic E-state index is 9.92. The molecular formula is C30H29N3. The Labute approximate surface area is 196 Å². The lowest BCUT2D eigenvalue weighted by molar-refractivity contribution is 0.401. The van der Waals surface area contributed by atoms with Crippen LogP contribution in [0.3, 0.4) is 0 Å². The zero-order valence-electron chi connectivity index (χ0n) is 19.9. The Bertz CT molecular complexity index is 1350. The molecule has 0 unspecified atom stereocenters. The summed E-state index contributed by atoms with van der Waals surface area (Å²) in [5.74, 6) is 0. The molecular weight excluding hydrogens is 402 g/mol. The minimum Gasteiger partial charge on any atom is -0.371 e. The van der Waals surface area contributed by atoms with E-state index < -0.39 is 0 Å². The Balaban J connectivity index is 1.64. The van der Waals surface area contributed by atoms with E-state index in [1.165, 1.54) is 22.4 Å². The van der Waals surface area contributed by atoms with Crippen molar-refractivity contribution in [1.82, 2.24) is 0 Å². The fourth-order valence-corrected chi connectivity index (χ4v) is 5.48. The highest BCUT2D eigenvalue weighted by atomic mass is 15.2. The molecule has 2 heterocycles. The minimum absolute atomic E-state index is 0.145. The predicted molar refractivity (Wildman–Crippen MR) is 136 cm³/mol. The van der Waals surface area contributed by atoms with Crippen LogP contribution in [-0.2, 0) is 10.8 Å². The fourth-order valence-electron chi connectivity index (χ4n) is 5.48. The van der Waals surface area contributed by atoms with Gasteiger partial charge in [0, 0.05) is 29.5 Å². The van der Waals surface area contributed by atoms with Gasteiger partial charge in [-0.3, -0.25) is 0 Å². The molecule has 0 bridgehead atoms. The van der Waals surface area contributed by atoms with E-state index in [0.29, 0.717) is 11.1 Å². The van der Waals surface area contributed by atoms with Crippen molar-refractivity contribution in [3.8, 4) is 12.1 Å². The molecule has 0 N–H and O–H groups in total. The van der Waals surface area contributed by atoms with Crippen molar-refractivity contribution in [2.75, 3.05) is 18.0 Å². The fraction of sp³-hybridized carbons (Fsp3) is 0.333. The smallest absolute Gasteiger partial charge is 0.100 e. The van der Waals surface area contributed by atoms with Crippen molar-refractivity contribution >= 4 is 28.6 Å². The van der Waals surface area contributed by atoms with Gasteiger partial charge in [-0.1, -0.05) is 64.1 Å². The van der Waals surface area contributed by atoms with Gasteiger partial charge in [0.25, 0.3) is 0 Å². The molecule has 3 aromatic rings. The van der Waals surface area contributed by atoms with Crippen LogP contribution in [0.25, 0.3) is 22.9 Å². The van der Waals surface area contributed by atoms with Gasteiger partial charge in [0.15, 0.2) is 0 Å². The lowest BCUT2D eigenvalue weighted by Crippen LogP contribution is -2.44. The molecule has 2 aliphatic heterocycles. The molecule has 164 valence electrons. The molecule has 3 nitrogen and oxygen atoms in total. The number of nitriles is 2. The molecule has 2 aliphatic rings. The number of hydrogen-bond acceptors (Lipinski definition) is 3. The Morgan fingerprint density at radius 3 is 2.09 bits per heavy atom.